The molecule has 0 bridgehead atoms. The second-order valence-corrected chi connectivity index (χ2v) is 4.91. The molecule has 0 heterocycles. The monoisotopic (exact) mass is 285 g/mol. The summed E-state index contributed by atoms with van der Waals surface area (Å²) >= 11 is 0. The van der Waals surface area contributed by atoms with Crippen LogP contribution in [0.15, 0.2) is 102 Å². The molecule has 0 saturated heterocycles. The van der Waals surface area contributed by atoms with E-state index in [1.54, 1.807) is 30.5 Å². The number of carbonyl (C=O) groups is 1. The van der Waals surface area contributed by atoms with Gasteiger partial charge in [0.15, 0.2) is 5.78 Å². The largest absolute Gasteiger partial charge is 0.290 e. The predicted molar refractivity (Wildman–Crippen MR) is 89.9 cm³/mol. The molecule has 2 nitrogen and oxygen atoms in total. The van der Waals surface area contributed by atoms with Crippen molar-refractivity contribution in [3.8, 4) is 0 Å². The molecule has 0 saturated carbocycles. The molecule has 0 aliphatic heterocycles. The summed E-state index contributed by atoms with van der Waals surface area (Å²) in [6.07, 6.45) is 8.44. The lowest BCUT2D eigenvalue weighted by Gasteiger charge is -2.06. The molecule has 0 atom stereocenters. The molecule has 1 aliphatic carbocycles. The molecule has 106 valence electrons. The van der Waals surface area contributed by atoms with E-state index in [9.17, 15) is 4.79 Å². The fraction of sp³-hybridized carbons (Fsp3) is 0. The number of benzene rings is 2. The fourth-order valence-electron chi connectivity index (χ4n) is 2.20. The molecule has 22 heavy (non-hydrogen) atoms. The highest BCUT2D eigenvalue weighted by Crippen LogP contribution is 2.13. The van der Waals surface area contributed by atoms with Gasteiger partial charge in [-0.3, -0.25) is 9.79 Å². The summed E-state index contributed by atoms with van der Waals surface area (Å²) in [6, 6.07) is 20.1. The summed E-state index contributed by atoms with van der Waals surface area (Å²) < 4.78 is 0. The minimum Gasteiger partial charge on any atom is -0.290 e. The molecule has 2 heteroatoms. The number of ketones is 1. The highest BCUT2D eigenvalue weighted by Gasteiger charge is 2.05. The predicted octanol–water partition coefficient (Wildman–Crippen LogP) is 4.10. The number of allylic oxidation sites excluding steroid dienone is 5. The van der Waals surface area contributed by atoms with Crippen molar-refractivity contribution in [1.82, 2.24) is 0 Å². The van der Waals surface area contributed by atoms with Crippen LogP contribution in [0.1, 0.15) is 11.1 Å². The first-order valence-corrected chi connectivity index (χ1v) is 7.12. The summed E-state index contributed by atoms with van der Waals surface area (Å²) in [5.74, 6) is 0.00692. The van der Waals surface area contributed by atoms with Gasteiger partial charge in [0.2, 0.25) is 0 Å². The van der Waals surface area contributed by atoms with Crippen molar-refractivity contribution in [2.45, 2.75) is 0 Å². The van der Waals surface area contributed by atoms with Crippen molar-refractivity contribution in [2.24, 2.45) is 4.99 Å². The van der Waals surface area contributed by atoms with Gasteiger partial charge in [-0.15, -0.1) is 0 Å². The van der Waals surface area contributed by atoms with E-state index in [4.69, 9.17) is 0 Å². The average molecular weight is 285 g/mol. The van der Waals surface area contributed by atoms with Crippen molar-refractivity contribution < 1.29 is 4.79 Å². The van der Waals surface area contributed by atoms with Gasteiger partial charge < -0.3 is 0 Å². The summed E-state index contributed by atoms with van der Waals surface area (Å²) in [5, 5.41) is 0. The third-order valence-corrected chi connectivity index (χ3v) is 3.32. The van der Waals surface area contributed by atoms with Crippen LogP contribution < -0.4 is 0 Å². The Kier molecular flexibility index (Phi) is 4.21. The molecule has 0 radical (unpaired) electrons. The second kappa shape index (κ2) is 6.64. The van der Waals surface area contributed by atoms with Crippen LogP contribution in [0.5, 0.6) is 0 Å². The molecule has 0 unspecified atom stereocenters. The van der Waals surface area contributed by atoms with Crippen molar-refractivity contribution in [1.29, 1.82) is 0 Å². The Morgan fingerprint density at radius 2 is 1.23 bits per heavy atom. The van der Waals surface area contributed by atoms with Crippen molar-refractivity contribution >= 4 is 11.5 Å². The fourth-order valence-corrected chi connectivity index (χ4v) is 2.20. The van der Waals surface area contributed by atoms with Crippen molar-refractivity contribution in [3.05, 3.63) is 108 Å². The van der Waals surface area contributed by atoms with Crippen molar-refractivity contribution in [2.75, 3.05) is 0 Å². The Balaban J connectivity index is 2.01. The number of carbonyl (C=O) groups excluding carboxylic acids is 1. The van der Waals surface area contributed by atoms with Gasteiger partial charge in [-0.1, -0.05) is 60.7 Å². The highest BCUT2D eigenvalue weighted by atomic mass is 16.1. The molecule has 2 aromatic carbocycles. The van der Waals surface area contributed by atoms with Crippen LogP contribution in [0.3, 0.4) is 0 Å². The Hall–Kier alpha value is -3.00. The lowest BCUT2D eigenvalue weighted by molar-refractivity contribution is -0.110. The number of rotatable bonds is 3. The number of aliphatic imine (C=N–C) groups is 1. The zero-order chi connectivity index (χ0) is 15.2. The van der Waals surface area contributed by atoms with E-state index in [1.807, 2.05) is 60.7 Å². The standard InChI is InChI=1S/C20H15NO/c22-19-13-11-16(12-14-19)15-21-20(17-7-3-1-4-8-17)18-9-5-2-6-10-18/h1-15H. The number of hydrogen-bond donors (Lipinski definition) is 0. The van der Waals surface area contributed by atoms with Crippen LogP contribution in [0, 0.1) is 0 Å². The number of nitrogens with zero attached hydrogens (tertiary/aromatic N) is 1. The molecular weight excluding hydrogens is 270 g/mol. The van der Waals surface area contributed by atoms with E-state index in [1.165, 1.54) is 0 Å². The van der Waals surface area contributed by atoms with Crippen LogP contribution in [0.25, 0.3) is 0 Å². The zero-order valence-corrected chi connectivity index (χ0v) is 12.0. The molecule has 0 amide bonds. The molecule has 2 aromatic rings. The first kappa shape index (κ1) is 14.0. The normalized spacial score (nSPS) is 13.1. The third kappa shape index (κ3) is 3.36. The maximum atomic E-state index is 11.2. The van der Waals surface area contributed by atoms with E-state index < -0.39 is 0 Å². The topological polar surface area (TPSA) is 29.4 Å². The molecular formula is C20H15NO. The van der Waals surface area contributed by atoms with Crippen LogP contribution >= 0.6 is 0 Å². The first-order chi connectivity index (χ1) is 10.8. The maximum absolute atomic E-state index is 11.2. The average Bonchev–Trinajstić information content (AvgIpc) is 2.59. The minimum atomic E-state index is 0.00692. The van der Waals surface area contributed by atoms with Crippen LogP contribution in [-0.4, -0.2) is 11.5 Å². The number of hydrogen-bond acceptors (Lipinski definition) is 2. The molecule has 0 aromatic heterocycles. The smallest absolute Gasteiger partial charge is 0.178 e. The minimum absolute atomic E-state index is 0.00692. The lowest BCUT2D eigenvalue weighted by Crippen LogP contribution is -2.02. The Labute approximate surface area is 129 Å². The summed E-state index contributed by atoms with van der Waals surface area (Å²) in [6.45, 7) is 0. The Morgan fingerprint density at radius 3 is 1.73 bits per heavy atom. The molecule has 0 N–H and O–H groups in total. The third-order valence-electron chi connectivity index (χ3n) is 3.32. The summed E-state index contributed by atoms with van der Waals surface area (Å²) in [5.41, 5.74) is 3.94. The molecule has 3 rings (SSSR count). The van der Waals surface area contributed by atoms with Gasteiger partial charge in [-0.25, -0.2) is 0 Å². The van der Waals surface area contributed by atoms with Crippen LogP contribution in [-0.2, 0) is 4.79 Å². The molecule has 0 spiro atoms. The van der Waals surface area contributed by atoms with Gasteiger partial charge in [0.05, 0.1) is 5.71 Å². The van der Waals surface area contributed by atoms with Crippen molar-refractivity contribution in [3.63, 3.8) is 0 Å². The SMILES string of the molecule is O=C1C=CC(=CN=C(c2ccccc2)c2ccccc2)C=C1. The van der Waals surface area contributed by atoms with Crippen LogP contribution in [0.4, 0.5) is 0 Å². The second-order valence-electron chi connectivity index (χ2n) is 4.91. The van der Waals surface area contributed by atoms with E-state index in [0.29, 0.717) is 0 Å². The van der Waals surface area contributed by atoms with Gasteiger partial charge in [0, 0.05) is 17.3 Å². The van der Waals surface area contributed by atoms with Gasteiger partial charge in [0.25, 0.3) is 0 Å². The quantitative estimate of drug-likeness (QED) is 0.781. The van der Waals surface area contributed by atoms with Gasteiger partial charge in [-0.2, -0.15) is 0 Å². The van der Waals surface area contributed by atoms with E-state index in [-0.39, 0.29) is 5.78 Å². The van der Waals surface area contributed by atoms with E-state index in [0.717, 1.165) is 22.4 Å². The van der Waals surface area contributed by atoms with Gasteiger partial charge in [-0.05, 0) is 29.9 Å². The summed E-state index contributed by atoms with van der Waals surface area (Å²) in [7, 11) is 0. The zero-order valence-electron chi connectivity index (χ0n) is 12.0. The Bertz CT molecular complexity index is 721. The molecule has 0 fully saturated rings. The Morgan fingerprint density at radius 1 is 0.727 bits per heavy atom. The van der Waals surface area contributed by atoms with E-state index in [2.05, 4.69) is 4.99 Å². The maximum Gasteiger partial charge on any atom is 0.178 e. The van der Waals surface area contributed by atoms with Gasteiger partial charge >= 0.3 is 0 Å². The first-order valence-electron chi connectivity index (χ1n) is 7.12. The molecule has 1 aliphatic rings. The van der Waals surface area contributed by atoms with Crippen LogP contribution in [0.2, 0.25) is 0 Å². The van der Waals surface area contributed by atoms with E-state index >= 15 is 0 Å². The highest BCUT2D eigenvalue weighted by molar-refractivity contribution is 6.13. The summed E-state index contributed by atoms with van der Waals surface area (Å²) in [4.78, 5) is 15.8. The van der Waals surface area contributed by atoms with Gasteiger partial charge in [0.1, 0.15) is 0 Å². The lowest BCUT2D eigenvalue weighted by atomic mass is 10.0.